The molecule has 1 saturated carbocycles. The zero-order valence-electron chi connectivity index (χ0n) is 9.49. The predicted octanol–water partition coefficient (Wildman–Crippen LogP) is 1.07. The Labute approximate surface area is 105 Å². The van der Waals surface area contributed by atoms with Crippen molar-refractivity contribution in [2.75, 3.05) is 24.2 Å². The number of anilines is 2. The van der Waals surface area contributed by atoms with Crippen LogP contribution in [0, 0.1) is 5.41 Å². The molecule has 0 atom stereocenters. The van der Waals surface area contributed by atoms with Crippen LogP contribution >= 0.6 is 11.6 Å². The fourth-order valence-electron chi connectivity index (χ4n) is 2.23. The van der Waals surface area contributed by atoms with Gasteiger partial charge in [-0.1, -0.05) is 12.8 Å². The number of aromatic nitrogens is 3. The first-order valence-corrected chi connectivity index (χ1v) is 6.03. The third-order valence-corrected chi connectivity index (χ3v) is 3.42. The summed E-state index contributed by atoms with van der Waals surface area (Å²) in [6.07, 6.45) is 4.35. The summed E-state index contributed by atoms with van der Waals surface area (Å²) in [7, 11) is 0. The lowest BCUT2D eigenvalue weighted by Crippen LogP contribution is -2.31. The van der Waals surface area contributed by atoms with Gasteiger partial charge in [-0.25, -0.2) is 0 Å². The van der Waals surface area contributed by atoms with Gasteiger partial charge in [0.2, 0.25) is 17.2 Å². The number of aliphatic hydroxyl groups excluding tert-OH is 1. The van der Waals surface area contributed by atoms with Crippen molar-refractivity contribution < 1.29 is 5.11 Å². The van der Waals surface area contributed by atoms with Gasteiger partial charge in [-0.3, -0.25) is 0 Å². The minimum Gasteiger partial charge on any atom is -0.396 e. The fraction of sp³-hybridized carbons (Fsp3) is 0.700. The van der Waals surface area contributed by atoms with Crippen LogP contribution in [0.2, 0.25) is 5.28 Å². The molecule has 2 rings (SSSR count). The molecule has 1 aromatic rings. The maximum absolute atomic E-state index is 9.46. The van der Waals surface area contributed by atoms with Crippen LogP contribution < -0.4 is 11.1 Å². The van der Waals surface area contributed by atoms with Gasteiger partial charge in [-0.15, -0.1) is 0 Å². The SMILES string of the molecule is Nc1nc(Cl)nc(NCC2(CO)CCCC2)n1. The normalized spacial score (nSPS) is 18.2. The maximum Gasteiger partial charge on any atom is 0.228 e. The van der Waals surface area contributed by atoms with Crippen LogP contribution in [0.15, 0.2) is 0 Å². The summed E-state index contributed by atoms with van der Waals surface area (Å²) in [4.78, 5) is 11.6. The highest BCUT2D eigenvalue weighted by molar-refractivity contribution is 6.28. The van der Waals surface area contributed by atoms with Gasteiger partial charge in [-0.2, -0.15) is 15.0 Å². The van der Waals surface area contributed by atoms with Crippen molar-refractivity contribution in [3.63, 3.8) is 0 Å². The molecule has 4 N–H and O–H groups in total. The van der Waals surface area contributed by atoms with E-state index in [1.54, 1.807) is 0 Å². The minimum atomic E-state index is -0.0616. The van der Waals surface area contributed by atoms with Crippen molar-refractivity contribution >= 4 is 23.5 Å². The number of aliphatic hydroxyl groups is 1. The number of hydrogen-bond acceptors (Lipinski definition) is 6. The third kappa shape index (κ3) is 2.95. The Bertz CT molecular complexity index is 374. The molecule has 1 heterocycles. The molecule has 0 spiro atoms. The highest BCUT2D eigenvalue weighted by Gasteiger charge is 2.33. The first-order valence-electron chi connectivity index (χ1n) is 5.65. The van der Waals surface area contributed by atoms with Gasteiger partial charge < -0.3 is 16.2 Å². The lowest BCUT2D eigenvalue weighted by atomic mass is 9.87. The van der Waals surface area contributed by atoms with E-state index < -0.39 is 0 Å². The molecule has 0 unspecified atom stereocenters. The number of nitrogens with one attached hydrogen (secondary N) is 1. The monoisotopic (exact) mass is 257 g/mol. The van der Waals surface area contributed by atoms with Crippen molar-refractivity contribution in [3.05, 3.63) is 5.28 Å². The Morgan fingerprint density at radius 2 is 2.00 bits per heavy atom. The molecule has 1 aliphatic carbocycles. The van der Waals surface area contributed by atoms with Crippen molar-refractivity contribution in [2.45, 2.75) is 25.7 Å². The van der Waals surface area contributed by atoms with Crippen molar-refractivity contribution in [1.29, 1.82) is 0 Å². The molecule has 0 aliphatic heterocycles. The van der Waals surface area contributed by atoms with Crippen molar-refractivity contribution in [2.24, 2.45) is 5.41 Å². The van der Waals surface area contributed by atoms with Crippen LogP contribution in [0.5, 0.6) is 0 Å². The van der Waals surface area contributed by atoms with E-state index in [1.165, 1.54) is 0 Å². The van der Waals surface area contributed by atoms with Crippen LogP contribution in [0.1, 0.15) is 25.7 Å². The zero-order chi connectivity index (χ0) is 12.3. The Morgan fingerprint density at radius 3 is 2.59 bits per heavy atom. The molecule has 0 aromatic carbocycles. The van der Waals surface area contributed by atoms with Gasteiger partial charge in [-0.05, 0) is 24.4 Å². The van der Waals surface area contributed by atoms with Crippen LogP contribution in [-0.2, 0) is 0 Å². The molecular formula is C10H16ClN5O. The molecule has 1 aliphatic rings. The van der Waals surface area contributed by atoms with Gasteiger partial charge >= 0.3 is 0 Å². The number of nitrogens with zero attached hydrogens (tertiary/aromatic N) is 3. The zero-order valence-corrected chi connectivity index (χ0v) is 10.2. The number of halogens is 1. The predicted molar refractivity (Wildman–Crippen MR) is 65.7 cm³/mol. The minimum absolute atomic E-state index is 0.0616. The number of nitrogen functional groups attached to an aromatic ring is 1. The Balaban J connectivity index is 2.01. The topological polar surface area (TPSA) is 97.0 Å². The van der Waals surface area contributed by atoms with E-state index in [0.717, 1.165) is 25.7 Å². The first-order chi connectivity index (χ1) is 8.13. The molecule has 1 fully saturated rings. The third-order valence-electron chi connectivity index (χ3n) is 3.25. The summed E-state index contributed by atoms with van der Waals surface area (Å²) in [5.74, 6) is 0.458. The molecule has 7 heteroatoms. The Morgan fingerprint density at radius 1 is 1.29 bits per heavy atom. The van der Waals surface area contributed by atoms with E-state index in [9.17, 15) is 5.11 Å². The molecule has 0 saturated heterocycles. The summed E-state index contributed by atoms with van der Waals surface area (Å²) >= 11 is 5.68. The second-order valence-electron chi connectivity index (χ2n) is 4.51. The number of rotatable bonds is 4. The second kappa shape index (κ2) is 5.01. The van der Waals surface area contributed by atoms with E-state index in [2.05, 4.69) is 20.3 Å². The highest BCUT2D eigenvalue weighted by atomic mass is 35.5. The molecule has 17 heavy (non-hydrogen) atoms. The summed E-state index contributed by atoms with van der Waals surface area (Å²) in [6.45, 7) is 0.803. The summed E-state index contributed by atoms with van der Waals surface area (Å²) in [5.41, 5.74) is 5.41. The van der Waals surface area contributed by atoms with Crippen LogP contribution in [-0.4, -0.2) is 33.2 Å². The summed E-state index contributed by atoms with van der Waals surface area (Å²) in [6, 6.07) is 0. The van der Waals surface area contributed by atoms with Gasteiger partial charge in [0.1, 0.15) is 0 Å². The van der Waals surface area contributed by atoms with Crippen molar-refractivity contribution in [1.82, 2.24) is 15.0 Å². The van der Waals surface area contributed by atoms with E-state index in [0.29, 0.717) is 12.5 Å². The van der Waals surface area contributed by atoms with E-state index >= 15 is 0 Å². The largest absolute Gasteiger partial charge is 0.396 e. The fourth-order valence-corrected chi connectivity index (χ4v) is 2.39. The first kappa shape index (κ1) is 12.3. The second-order valence-corrected chi connectivity index (χ2v) is 4.84. The molecular weight excluding hydrogens is 242 g/mol. The Hall–Kier alpha value is -1.14. The van der Waals surface area contributed by atoms with Crippen LogP contribution in [0.4, 0.5) is 11.9 Å². The standard InChI is InChI=1S/C10H16ClN5O/c11-7-14-8(12)16-9(15-7)13-5-10(6-17)3-1-2-4-10/h17H,1-6H2,(H3,12,13,14,15,16). The molecule has 0 radical (unpaired) electrons. The van der Waals surface area contributed by atoms with E-state index in [-0.39, 0.29) is 23.3 Å². The smallest absolute Gasteiger partial charge is 0.228 e. The Kier molecular flexibility index (Phi) is 3.63. The van der Waals surface area contributed by atoms with Gasteiger partial charge in [0.25, 0.3) is 0 Å². The summed E-state index contributed by atoms with van der Waals surface area (Å²) < 4.78 is 0. The molecule has 6 nitrogen and oxygen atoms in total. The number of hydrogen-bond donors (Lipinski definition) is 3. The quantitative estimate of drug-likeness (QED) is 0.747. The molecule has 0 amide bonds. The lowest BCUT2D eigenvalue weighted by molar-refractivity contribution is 0.142. The van der Waals surface area contributed by atoms with E-state index in [4.69, 9.17) is 17.3 Å². The maximum atomic E-state index is 9.46. The van der Waals surface area contributed by atoms with Crippen molar-refractivity contribution in [3.8, 4) is 0 Å². The average Bonchev–Trinajstić information content (AvgIpc) is 2.74. The average molecular weight is 258 g/mol. The molecule has 0 bridgehead atoms. The molecule has 1 aromatic heterocycles. The summed E-state index contributed by atoms with van der Waals surface area (Å²) in [5, 5.41) is 12.6. The van der Waals surface area contributed by atoms with Gasteiger partial charge in [0.05, 0.1) is 6.61 Å². The van der Waals surface area contributed by atoms with Crippen LogP contribution in [0.3, 0.4) is 0 Å². The number of nitrogens with two attached hydrogens (primary N) is 1. The van der Waals surface area contributed by atoms with E-state index in [1.807, 2.05) is 0 Å². The lowest BCUT2D eigenvalue weighted by Gasteiger charge is -2.26. The van der Waals surface area contributed by atoms with Gasteiger partial charge in [0, 0.05) is 12.0 Å². The molecule has 94 valence electrons. The highest BCUT2D eigenvalue weighted by Crippen LogP contribution is 2.37. The van der Waals surface area contributed by atoms with Gasteiger partial charge in [0.15, 0.2) is 0 Å². The van der Waals surface area contributed by atoms with Crippen LogP contribution in [0.25, 0.3) is 0 Å².